The van der Waals surface area contributed by atoms with Crippen molar-refractivity contribution in [3.05, 3.63) is 35.2 Å². The lowest BCUT2D eigenvalue weighted by Crippen LogP contribution is -2.57. The number of aliphatic imine (C=N–C) groups is 1. The van der Waals surface area contributed by atoms with E-state index in [0.29, 0.717) is 49.3 Å². The highest BCUT2D eigenvalue weighted by Crippen LogP contribution is 2.20. The Hall–Kier alpha value is -2.81. The lowest BCUT2D eigenvalue weighted by atomic mass is 10.2. The number of ether oxygens (including phenoxy) is 1. The van der Waals surface area contributed by atoms with E-state index in [4.69, 9.17) is 20.9 Å². The van der Waals surface area contributed by atoms with Gasteiger partial charge in [-0.1, -0.05) is 16.8 Å². The van der Waals surface area contributed by atoms with Crippen molar-refractivity contribution in [3.63, 3.8) is 0 Å². The first-order chi connectivity index (χ1) is 14.8. The number of nitrogens with zero attached hydrogens (tertiary/aromatic N) is 5. The van der Waals surface area contributed by atoms with Crippen molar-refractivity contribution in [1.29, 1.82) is 0 Å². The van der Waals surface area contributed by atoms with Crippen molar-refractivity contribution in [2.45, 2.75) is 38.8 Å². The van der Waals surface area contributed by atoms with E-state index in [0.717, 1.165) is 18.1 Å². The monoisotopic (exact) mass is 446 g/mol. The number of piperazine rings is 1. The Morgan fingerprint density at radius 2 is 2.06 bits per heavy atom. The summed E-state index contributed by atoms with van der Waals surface area (Å²) >= 11 is 5.92. The van der Waals surface area contributed by atoms with Crippen LogP contribution < -0.4 is 5.32 Å². The Labute approximate surface area is 186 Å². The van der Waals surface area contributed by atoms with E-state index in [-0.39, 0.29) is 12.1 Å². The lowest BCUT2D eigenvalue weighted by molar-refractivity contribution is 0.0137. The number of rotatable bonds is 4. The second kappa shape index (κ2) is 8.74. The van der Waals surface area contributed by atoms with Crippen LogP contribution in [-0.4, -0.2) is 76.4 Å². The minimum Gasteiger partial charge on any atom is -0.444 e. The van der Waals surface area contributed by atoms with Gasteiger partial charge in [-0.15, -0.1) is 0 Å². The van der Waals surface area contributed by atoms with E-state index in [1.165, 1.54) is 0 Å². The predicted molar refractivity (Wildman–Crippen MR) is 117 cm³/mol. The predicted octanol–water partition coefficient (Wildman–Crippen LogP) is 2.81. The molecule has 1 unspecified atom stereocenters. The summed E-state index contributed by atoms with van der Waals surface area (Å²) in [5.41, 5.74) is 0.369. The van der Waals surface area contributed by atoms with Gasteiger partial charge in [0, 0.05) is 43.2 Å². The molecular formula is C21H27ClN6O3. The smallest absolute Gasteiger partial charge is 0.410 e. The number of hydrogen-bond donors (Lipinski definition) is 1. The fourth-order valence-electron chi connectivity index (χ4n) is 3.58. The summed E-state index contributed by atoms with van der Waals surface area (Å²) in [6, 6.07) is 7.49. The standard InChI is InChI=1S/C21H27ClN6O3/c1-21(2,3)30-20(29)27-10-11-28-16(13-27)12-24-19(28)23-9-8-17-25-18(26-31-17)14-4-6-15(22)7-5-14/h4-7,16H,8-13H2,1-3H3,(H,23,24). The largest absolute Gasteiger partial charge is 0.444 e. The van der Waals surface area contributed by atoms with Gasteiger partial charge in [-0.25, -0.2) is 4.79 Å². The first-order valence-corrected chi connectivity index (χ1v) is 10.8. The van der Waals surface area contributed by atoms with Crippen LogP contribution in [0.15, 0.2) is 33.8 Å². The highest BCUT2D eigenvalue weighted by Gasteiger charge is 2.36. The fourth-order valence-corrected chi connectivity index (χ4v) is 3.70. The molecule has 9 nitrogen and oxygen atoms in total. The van der Waals surface area contributed by atoms with E-state index in [2.05, 4.69) is 25.3 Å². The maximum atomic E-state index is 12.3. The average molecular weight is 447 g/mol. The van der Waals surface area contributed by atoms with Gasteiger partial charge in [0.05, 0.1) is 12.6 Å². The van der Waals surface area contributed by atoms with Crippen LogP contribution in [0.2, 0.25) is 5.02 Å². The molecule has 0 aliphatic carbocycles. The van der Waals surface area contributed by atoms with Gasteiger partial charge < -0.3 is 24.4 Å². The molecule has 1 saturated heterocycles. The quantitative estimate of drug-likeness (QED) is 0.771. The van der Waals surface area contributed by atoms with Gasteiger partial charge in [-0.2, -0.15) is 4.98 Å². The molecule has 1 atom stereocenters. The first kappa shape index (κ1) is 21.4. The average Bonchev–Trinajstić information content (AvgIpc) is 3.34. The Morgan fingerprint density at radius 3 is 2.81 bits per heavy atom. The van der Waals surface area contributed by atoms with Crippen molar-refractivity contribution in [2.75, 3.05) is 32.7 Å². The molecule has 10 heteroatoms. The van der Waals surface area contributed by atoms with Crippen LogP contribution in [-0.2, 0) is 11.2 Å². The van der Waals surface area contributed by atoms with Crippen LogP contribution in [0.3, 0.4) is 0 Å². The van der Waals surface area contributed by atoms with Crippen LogP contribution in [0.5, 0.6) is 0 Å². The van der Waals surface area contributed by atoms with Gasteiger partial charge in [0.1, 0.15) is 5.60 Å². The number of halogens is 1. The number of aromatic nitrogens is 2. The highest BCUT2D eigenvalue weighted by molar-refractivity contribution is 6.30. The Kier molecular flexibility index (Phi) is 6.04. The van der Waals surface area contributed by atoms with Gasteiger partial charge in [-0.05, 0) is 45.0 Å². The molecule has 0 radical (unpaired) electrons. The third-order valence-corrected chi connectivity index (χ3v) is 5.30. The van der Waals surface area contributed by atoms with Gasteiger partial charge in [0.2, 0.25) is 11.7 Å². The van der Waals surface area contributed by atoms with Crippen LogP contribution in [0.1, 0.15) is 26.7 Å². The minimum absolute atomic E-state index is 0.170. The SMILES string of the molecule is CC(C)(C)OC(=O)N1CCN2C(NCCc3nc(-c4ccc(Cl)cc4)no3)=NCC2C1. The van der Waals surface area contributed by atoms with Gasteiger partial charge >= 0.3 is 6.09 Å². The number of nitrogens with one attached hydrogen (secondary N) is 1. The second-order valence-electron chi connectivity index (χ2n) is 8.63. The molecule has 3 heterocycles. The summed E-state index contributed by atoms with van der Waals surface area (Å²) in [6.45, 7) is 8.86. The zero-order chi connectivity index (χ0) is 22.0. The lowest BCUT2D eigenvalue weighted by Gasteiger charge is -2.39. The summed E-state index contributed by atoms with van der Waals surface area (Å²) in [5, 5.41) is 8.07. The Morgan fingerprint density at radius 1 is 1.29 bits per heavy atom. The number of carbonyl (C=O) groups excluding carboxylic acids is 1. The maximum absolute atomic E-state index is 12.3. The molecule has 0 spiro atoms. The van der Waals surface area contributed by atoms with Gasteiger partial charge in [0.25, 0.3) is 0 Å². The van der Waals surface area contributed by atoms with Crippen molar-refractivity contribution in [2.24, 2.45) is 4.99 Å². The molecule has 2 aliphatic heterocycles. The number of benzene rings is 1. The van der Waals surface area contributed by atoms with Gasteiger partial charge in [0.15, 0.2) is 5.96 Å². The van der Waals surface area contributed by atoms with Gasteiger partial charge in [-0.3, -0.25) is 4.99 Å². The zero-order valence-electron chi connectivity index (χ0n) is 18.0. The molecule has 1 fully saturated rings. The molecule has 31 heavy (non-hydrogen) atoms. The fraction of sp³-hybridized carbons (Fsp3) is 0.524. The number of amides is 1. The number of hydrogen-bond acceptors (Lipinski definition) is 8. The molecule has 0 saturated carbocycles. The van der Waals surface area contributed by atoms with Crippen molar-refractivity contribution < 1.29 is 14.1 Å². The Balaban J connectivity index is 1.25. The summed E-state index contributed by atoms with van der Waals surface area (Å²) in [6.07, 6.45) is 0.323. The molecule has 2 aromatic rings. The Bertz CT molecular complexity index is 953. The summed E-state index contributed by atoms with van der Waals surface area (Å²) in [7, 11) is 0. The summed E-state index contributed by atoms with van der Waals surface area (Å²) in [4.78, 5) is 25.4. The zero-order valence-corrected chi connectivity index (χ0v) is 18.7. The molecule has 4 rings (SSSR count). The van der Waals surface area contributed by atoms with E-state index >= 15 is 0 Å². The molecule has 166 valence electrons. The third-order valence-electron chi connectivity index (χ3n) is 5.05. The van der Waals surface area contributed by atoms with Crippen LogP contribution in [0.4, 0.5) is 4.79 Å². The molecule has 1 N–H and O–H groups in total. The maximum Gasteiger partial charge on any atom is 0.410 e. The van der Waals surface area contributed by atoms with Crippen LogP contribution in [0, 0.1) is 0 Å². The minimum atomic E-state index is -0.491. The van der Waals surface area contributed by atoms with E-state index < -0.39 is 5.60 Å². The molecule has 1 aromatic carbocycles. The van der Waals surface area contributed by atoms with Crippen LogP contribution >= 0.6 is 11.6 Å². The van der Waals surface area contributed by atoms with E-state index in [9.17, 15) is 4.79 Å². The molecule has 1 aromatic heterocycles. The van der Waals surface area contributed by atoms with E-state index in [1.807, 2.05) is 32.9 Å². The first-order valence-electron chi connectivity index (χ1n) is 10.4. The van der Waals surface area contributed by atoms with Crippen molar-refractivity contribution in [3.8, 4) is 11.4 Å². The molecule has 2 aliphatic rings. The molecule has 1 amide bonds. The summed E-state index contributed by atoms with van der Waals surface area (Å²) < 4.78 is 10.8. The second-order valence-corrected chi connectivity index (χ2v) is 9.07. The molecular weight excluding hydrogens is 420 g/mol. The van der Waals surface area contributed by atoms with Crippen molar-refractivity contribution >= 4 is 23.7 Å². The van der Waals surface area contributed by atoms with Crippen molar-refractivity contribution in [1.82, 2.24) is 25.3 Å². The number of guanidine groups is 1. The highest BCUT2D eigenvalue weighted by atomic mass is 35.5. The third kappa shape index (κ3) is 5.28. The topological polar surface area (TPSA) is 96.1 Å². The van der Waals surface area contributed by atoms with Crippen LogP contribution in [0.25, 0.3) is 11.4 Å². The number of carbonyl (C=O) groups is 1. The summed E-state index contributed by atoms with van der Waals surface area (Å²) in [5.74, 6) is 1.96. The number of fused-ring (bicyclic) bond motifs is 1. The molecule has 0 bridgehead atoms. The normalized spacial score (nSPS) is 18.6. The van der Waals surface area contributed by atoms with E-state index in [1.54, 1.807) is 17.0 Å².